The van der Waals surface area contributed by atoms with Crippen LogP contribution in [0.25, 0.3) is 0 Å². The van der Waals surface area contributed by atoms with Crippen molar-refractivity contribution in [3.63, 3.8) is 0 Å². The summed E-state index contributed by atoms with van der Waals surface area (Å²) in [6.07, 6.45) is 1.46. The third-order valence-electron chi connectivity index (χ3n) is 3.92. The summed E-state index contributed by atoms with van der Waals surface area (Å²) in [4.78, 5) is 25.2. The fourth-order valence-electron chi connectivity index (χ4n) is 2.60. The number of aliphatic carboxylic acids is 1. The normalized spacial score (nSPS) is 21.8. The monoisotopic (exact) mass is 277 g/mol. The zero-order valence-electron chi connectivity index (χ0n) is 11.8. The molecule has 1 N–H and O–H groups in total. The molecule has 1 heterocycles. The molecule has 0 aliphatic carbocycles. The number of benzene rings is 1. The zero-order chi connectivity index (χ0) is 14.8. The van der Waals surface area contributed by atoms with E-state index in [4.69, 9.17) is 4.74 Å². The first-order valence-electron chi connectivity index (χ1n) is 6.64. The summed E-state index contributed by atoms with van der Waals surface area (Å²) in [6, 6.07) is 7.24. The molecule has 1 amide bonds. The van der Waals surface area contributed by atoms with E-state index in [0.717, 1.165) is 17.7 Å². The predicted octanol–water partition coefficient (Wildman–Crippen LogP) is 1.70. The molecule has 0 saturated carbocycles. The average Bonchev–Trinajstić information content (AvgIpc) is 2.83. The number of hydrogen-bond acceptors (Lipinski definition) is 3. The largest absolute Gasteiger partial charge is 0.497 e. The Kier molecular flexibility index (Phi) is 3.97. The Balaban J connectivity index is 2.09. The van der Waals surface area contributed by atoms with Gasteiger partial charge in [0.2, 0.25) is 5.91 Å². The van der Waals surface area contributed by atoms with Crippen LogP contribution in [0.15, 0.2) is 24.3 Å². The van der Waals surface area contributed by atoms with Crippen LogP contribution in [0.2, 0.25) is 0 Å². The maximum absolute atomic E-state index is 12.3. The number of nitrogens with zero attached hydrogens (tertiary/aromatic N) is 1. The van der Waals surface area contributed by atoms with E-state index in [-0.39, 0.29) is 12.3 Å². The lowest BCUT2D eigenvalue weighted by Crippen LogP contribution is -2.51. The van der Waals surface area contributed by atoms with E-state index in [1.165, 1.54) is 4.90 Å². The molecule has 1 saturated heterocycles. The van der Waals surface area contributed by atoms with Gasteiger partial charge in [0.15, 0.2) is 0 Å². The van der Waals surface area contributed by atoms with Crippen molar-refractivity contribution in [3.05, 3.63) is 29.8 Å². The fraction of sp³-hybridized carbons (Fsp3) is 0.467. The van der Waals surface area contributed by atoms with Crippen LogP contribution in [0.5, 0.6) is 5.75 Å². The summed E-state index contributed by atoms with van der Waals surface area (Å²) < 4.78 is 5.07. The van der Waals surface area contributed by atoms with Crippen LogP contribution in [0.1, 0.15) is 25.3 Å². The molecule has 5 nitrogen and oxygen atoms in total. The molecule has 0 radical (unpaired) electrons. The first-order chi connectivity index (χ1) is 9.47. The lowest BCUT2D eigenvalue weighted by molar-refractivity contribution is -0.155. The smallest absolute Gasteiger partial charge is 0.329 e. The number of rotatable bonds is 4. The SMILES string of the molecule is COc1ccc(CC(=O)N2CCCC2(C)C(=O)O)cc1. The number of likely N-dealkylation sites (tertiary alicyclic amines) is 1. The molecule has 1 aliphatic heterocycles. The predicted molar refractivity (Wildman–Crippen MR) is 73.7 cm³/mol. The number of hydrogen-bond donors (Lipinski definition) is 1. The molecule has 0 spiro atoms. The summed E-state index contributed by atoms with van der Waals surface area (Å²) in [6.45, 7) is 2.13. The first-order valence-corrected chi connectivity index (χ1v) is 6.64. The number of carbonyl (C=O) groups excluding carboxylic acids is 1. The molecule has 1 aromatic carbocycles. The van der Waals surface area contributed by atoms with Crippen LogP contribution in [-0.4, -0.2) is 41.1 Å². The van der Waals surface area contributed by atoms with Gasteiger partial charge in [-0.25, -0.2) is 4.79 Å². The van der Waals surface area contributed by atoms with Crippen molar-refractivity contribution in [1.29, 1.82) is 0 Å². The highest BCUT2D eigenvalue weighted by atomic mass is 16.5. The summed E-state index contributed by atoms with van der Waals surface area (Å²) >= 11 is 0. The van der Waals surface area contributed by atoms with E-state index < -0.39 is 11.5 Å². The molecule has 0 aromatic heterocycles. The third-order valence-corrected chi connectivity index (χ3v) is 3.92. The van der Waals surface area contributed by atoms with Gasteiger partial charge in [0.1, 0.15) is 11.3 Å². The Hall–Kier alpha value is -2.04. The summed E-state index contributed by atoms with van der Waals surface area (Å²) in [7, 11) is 1.59. The van der Waals surface area contributed by atoms with Crippen LogP contribution < -0.4 is 4.74 Å². The van der Waals surface area contributed by atoms with Gasteiger partial charge < -0.3 is 14.7 Å². The molecular weight excluding hydrogens is 258 g/mol. The second-order valence-corrected chi connectivity index (χ2v) is 5.25. The maximum Gasteiger partial charge on any atom is 0.329 e. The molecule has 108 valence electrons. The van der Waals surface area contributed by atoms with Gasteiger partial charge in [-0.1, -0.05) is 12.1 Å². The molecular formula is C15H19NO4. The summed E-state index contributed by atoms with van der Waals surface area (Å²) in [5.74, 6) is -0.339. The van der Waals surface area contributed by atoms with Crippen LogP contribution >= 0.6 is 0 Å². The van der Waals surface area contributed by atoms with Gasteiger partial charge in [-0.05, 0) is 37.5 Å². The topological polar surface area (TPSA) is 66.8 Å². The van der Waals surface area contributed by atoms with Crippen LogP contribution in [0.3, 0.4) is 0 Å². The highest BCUT2D eigenvalue weighted by molar-refractivity contribution is 5.88. The standard InChI is InChI=1S/C15H19NO4/c1-15(14(18)19)8-3-9-16(15)13(17)10-11-4-6-12(20-2)7-5-11/h4-7H,3,8-10H2,1-2H3,(H,18,19). The van der Waals surface area contributed by atoms with Gasteiger partial charge >= 0.3 is 5.97 Å². The van der Waals surface area contributed by atoms with Gasteiger partial charge in [-0.2, -0.15) is 0 Å². The molecule has 1 fully saturated rings. The van der Waals surface area contributed by atoms with Gasteiger partial charge in [-0.15, -0.1) is 0 Å². The van der Waals surface area contributed by atoms with E-state index in [1.54, 1.807) is 26.2 Å². The van der Waals surface area contributed by atoms with Gasteiger partial charge in [0.05, 0.1) is 13.5 Å². The Morgan fingerprint density at radius 2 is 2.00 bits per heavy atom. The molecule has 0 bridgehead atoms. The van der Waals surface area contributed by atoms with Gasteiger partial charge in [0, 0.05) is 6.54 Å². The number of ether oxygens (including phenoxy) is 1. The van der Waals surface area contributed by atoms with Crippen LogP contribution in [0, 0.1) is 0 Å². The van der Waals surface area contributed by atoms with Crippen molar-refractivity contribution in [2.45, 2.75) is 31.7 Å². The van der Waals surface area contributed by atoms with E-state index in [1.807, 2.05) is 12.1 Å². The van der Waals surface area contributed by atoms with Crippen molar-refractivity contribution in [3.8, 4) is 5.75 Å². The quantitative estimate of drug-likeness (QED) is 0.909. The van der Waals surface area contributed by atoms with Crippen molar-refractivity contribution in [1.82, 2.24) is 4.90 Å². The summed E-state index contributed by atoms with van der Waals surface area (Å²) in [5.41, 5.74) is -0.209. The number of methoxy groups -OCH3 is 1. The number of carboxylic acids is 1. The first kappa shape index (κ1) is 14.4. The van der Waals surface area contributed by atoms with Crippen molar-refractivity contribution >= 4 is 11.9 Å². The maximum atomic E-state index is 12.3. The number of amides is 1. The van der Waals surface area contributed by atoms with E-state index >= 15 is 0 Å². The Morgan fingerprint density at radius 3 is 2.55 bits per heavy atom. The number of carboxylic acid groups (broad SMARTS) is 1. The molecule has 1 atom stereocenters. The second-order valence-electron chi connectivity index (χ2n) is 5.25. The average molecular weight is 277 g/mol. The Morgan fingerprint density at radius 1 is 1.35 bits per heavy atom. The molecule has 2 rings (SSSR count). The minimum absolute atomic E-state index is 0.141. The minimum Gasteiger partial charge on any atom is -0.497 e. The van der Waals surface area contributed by atoms with E-state index in [2.05, 4.69) is 0 Å². The van der Waals surface area contributed by atoms with Gasteiger partial charge in [-0.3, -0.25) is 4.79 Å². The van der Waals surface area contributed by atoms with E-state index in [9.17, 15) is 14.7 Å². The molecule has 1 unspecified atom stereocenters. The lowest BCUT2D eigenvalue weighted by Gasteiger charge is -2.31. The highest BCUT2D eigenvalue weighted by Crippen LogP contribution is 2.30. The molecule has 1 aromatic rings. The minimum atomic E-state index is -1.07. The van der Waals surface area contributed by atoms with Crippen molar-refractivity contribution in [2.75, 3.05) is 13.7 Å². The Labute approximate surface area is 118 Å². The highest BCUT2D eigenvalue weighted by Gasteiger charge is 2.45. The second kappa shape index (κ2) is 5.53. The lowest BCUT2D eigenvalue weighted by atomic mass is 9.98. The Bertz CT molecular complexity index is 511. The molecule has 1 aliphatic rings. The zero-order valence-corrected chi connectivity index (χ0v) is 11.8. The van der Waals surface area contributed by atoms with Crippen molar-refractivity contribution in [2.24, 2.45) is 0 Å². The number of carbonyl (C=O) groups is 2. The van der Waals surface area contributed by atoms with Crippen LogP contribution in [0.4, 0.5) is 0 Å². The van der Waals surface area contributed by atoms with E-state index in [0.29, 0.717) is 13.0 Å². The van der Waals surface area contributed by atoms with Crippen LogP contribution in [-0.2, 0) is 16.0 Å². The van der Waals surface area contributed by atoms with Gasteiger partial charge in [0.25, 0.3) is 0 Å². The fourth-order valence-corrected chi connectivity index (χ4v) is 2.60. The third kappa shape index (κ3) is 2.61. The molecule has 20 heavy (non-hydrogen) atoms. The molecule has 5 heteroatoms. The van der Waals surface area contributed by atoms with Crippen molar-refractivity contribution < 1.29 is 19.4 Å². The summed E-state index contributed by atoms with van der Waals surface area (Å²) in [5, 5.41) is 9.32.